The molecule has 2 N–H and O–H groups in total. The molecule has 1 aliphatic rings. The van der Waals surface area contributed by atoms with E-state index in [9.17, 15) is 9.59 Å². The van der Waals surface area contributed by atoms with Crippen LogP contribution >= 0.6 is 0 Å². The van der Waals surface area contributed by atoms with E-state index in [1.807, 2.05) is 11.0 Å². The van der Waals surface area contributed by atoms with Crippen molar-refractivity contribution in [1.82, 2.24) is 10.2 Å². The monoisotopic (exact) mass is 272 g/mol. The number of rotatable bonds is 4. The number of nitrogens with zero attached hydrogens (tertiary/aromatic N) is 2. The van der Waals surface area contributed by atoms with Gasteiger partial charge in [-0.15, -0.1) is 0 Å². The normalized spacial score (nSPS) is 15.2. The zero-order valence-corrected chi connectivity index (χ0v) is 11.1. The van der Waals surface area contributed by atoms with Gasteiger partial charge in [0.25, 0.3) is 0 Å². The molecular weight excluding hydrogens is 256 g/mol. The van der Waals surface area contributed by atoms with Gasteiger partial charge < -0.3 is 10.6 Å². The van der Waals surface area contributed by atoms with E-state index in [2.05, 4.69) is 10.6 Å². The molecule has 2 rings (SSSR count). The van der Waals surface area contributed by atoms with Gasteiger partial charge in [0.05, 0.1) is 18.2 Å². The van der Waals surface area contributed by atoms with Gasteiger partial charge in [-0.05, 0) is 24.3 Å². The molecule has 1 heterocycles. The van der Waals surface area contributed by atoms with Crippen LogP contribution in [0.1, 0.15) is 12.0 Å². The van der Waals surface area contributed by atoms with E-state index in [0.717, 1.165) is 6.54 Å². The Labute approximate surface area is 117 Å². The highest BCUT2D eigenvalue weighted by Gasteiger charge is 2.16. The molecule has 104 valence electrons. The smallest absolute Gasteiger partial charge is 0.234 e. The molecular formula is C14H16N4O2. The van der Waals surface area contributed by atoms with Crippen molar-refractivity contribution in [2.24, 2.45) is 0 Å². The second-order valence-corrected chi connectivity index (χ2v) is 4.61. The van der Waals surface area contributed by atoms with Crippen LogP contribution in [0.2, 0.25) is 0 Å². The van der Waals surface area contributed by atoms with Crippen LogP contribution in [-0.4, -0.2) is 42.9 Å². The minimum Gasteiger partial charge on any atom is -0.354 e. The predicted octanol–water partition coefficient (Wildman–Crippen LogP) is 0.319. The van der Waals surface area contributed by atoms with Gasteiger partial charge in [0, 0.05) is 31.7 Å². The van der Waals surface area contributed by atoms with E-state index in [-0.39, 0.29) is 11.8 Å². The van der Waals surface area contributed by atoms with Crippen LogP contribution in [0.25, 0.3) is 0 Å². The van der Waals surface area contributed by atoms with Gasteiger partial charge in [0.15, 0.2) is 0 Å². The Morgan fingerprint density at radius 1 is 1.40 bits per heavy atom. The van der Waals surface area contributed by atoms with Gasteiger partial charge in [0.2, 0.25) is 11.8 Å². The molecule has 0 spiro atoms. The minimum absolute atomic E-state index is 0.00347. The SMILES string of the molecule is N#Cc1ccc(NC(=O)CCN2CCNC(=O)C2)cc1. The number of nitriles is 1. The van der Waals surface area contributed by atoms with E-state index in [1.54, 1.807) is 24.3 Å². The number of carbonyl (C=O) groups is 2. The summed E-state index contributed by atoms with van der Waals surface area (Å²) in [6.45, 7) is 2.33. The Bertz CT molecular complexity index is 533. The topological polar surface area (TPSA) is 85.2 Å². The first-order chi connectivity index (χ1) is 9.67. The average molecular weight is 272 g/mol. The minimum atomic E-state index is -0.0966. The first-order valence-corrected chi connectivity index (χ1v) is 6.46. The first kappa shape index (κ1) is 14.0. The summed E-state index contributed by atoms with van der Waals surface area (Å²) in [5, 5.41) is 14.2. The third-order valence-corrected chi connectivity index (χ3v) is 3.07. The summed E-state index contributed by atoms with van der Waals surface area (Å²) < 4.78 is 0. The van der Waals surface area contributed by atoms with Crippen molar-refractivity contribution in [2.75, 3.05) is 31.5 Å². The van der Waals surface area contributed by atoms with Gasteiger partial charge in [-0.1, -0.05) is 0 Å². The zero-order chi connectivity index (χ0) is 14.4. The molecule has 0 bridgehead atoms. The van der Waals surface area contributed by atoms with Gasteiger partial charge in [-0.25, -0.2) is 0 Å². The van der Waals surface area contributed by atoms with Crippen molar-refractivity contribution in [1.29, 1.82) is 5.26 Å². The predicted molar refractivity (Wildman–Crippen MR) is 73.9 cm³/mol. The van der Waals surface area contributed by atoms with Crippen LogP contribution in [0.5, 0.6) is 0 Å². The molecule has 0 saturated carbocycles. The molecule has 1 saturated heterocycles. The Morgan fingerprint density at radius 2 is 2.15 bits per heavy atom. The molecule has 1 fully saturated rings. The molecule has 6 heteroatoms. The van der Waals surface area contributed by atoms with Crippen molar-refractivity contribution in [3.63, 3.8) is 0 Å². The number of piperazine rings is 1. The summed E-state index contributed by atoms with van der Waals surface area (Å²) in [5.74, 6) is -0.0931. The van der Waals surface area contributed by atoms with Crippen molar-refractivity contribution in [3.05, 3.63) is 29.8 Å². The van der Waals surface area contributed by atoms with Crippen LogP contribution in [-0.2, 0) is 9.59 Å². The molecule has 1 aromatic rings. The maximum atomic E-state index is 11.8. The number of hydrogen-bond acceptors (Lipinski definition) is 4. The standard InChI is InChI=1S/C14H16N4O2/c15-9-11-1-3-12(4-2-11)17-13(19)5-7-18-8-6-16-14(20)10-18/h1-4H,5-8,10H2,(H,16,20)(H,17,19). The largest absolute Gasteiger partial charge is 0.354 e. The fourth-order valence-electron chi connectivity index (χ4n) is 1.99. The molecule has 0 unspecified atom stereocenters. The summed E-state index contributed by atoms with van der Waals surface area (Å²) >= 11 is 0. The number of anilines is 1. The van der Waals surface area contributed by atoms with Crippen LogP contribution in [0.4, 0.5) is 5.69 Å². The summed E-state index contributed by atoms with van der Waals surface area (Å²) in [6, 6.07) is 8.74. The van der Waals surface area contributed by atoms with E-state index in [1.165, 1.54) is 0 Å². The third-order valence-electron chi connectivity index (χ3n) is 3.07. The van der Waals surface area contributed by atoms with E-state index < -0.39 is 0 Å². The van der Waals surface area contributed by atoms with Crippen molar-refractivity contribution < 1.29 is 9.59 Å². The molecule has 0 atom stereocenters. The Hall–Kier alpha value is -2.39. The zero-order valence-electron chi connectivity index (χ0n) is 11.1. The number of amides is 2. The molecule has 0 aromatic heterocycles. The molecule has 6 nitrogen and oxygen atoms in total. The summed E-state index contributed by atoms with van der Waals surface area (Å²) in [6.07, 6.45) is 0.341. The van der Waals surface area contributed by atoms with Gasteiger partial charge in [-0.3, -0.25) is 14.5 Å². The lowest BCUT2D eigenvalue weighted by molar-refractivity contribution is -0.125. The van der Waals surface area contributed by atoms with Gasteiger partial charge >= 0.3 is 0 Å². The second-order valence-electron chi connectivity index (χ2n) is 4.61. The fourth-order valence-corrected chi connectivity index (χ4v) is 1.99. The maximum Gasteiger partial charge on any atom is 0.234 e. The molecule has 1 aromatic carbocycles. The van der Waals surface area contributed by atoms with Crippen molar-refractivity contribution in [2.45, 2.75) is 6.42 Å². The van der Waals surface area contributed by atoms with Gasteiger partial charge in [0.1, 0.15) is 0 Å². The summed E-state index contributed by atoms with van der Waals surface area (Å²) in [7, 11) is 0. The molecule has 0 aliphatic carbocycles. The van der Waals surface area contributed by atoms with Crippen LogP contribution in [0.15, 0.2) is 24.3 Å². The van der Waals surface area contributed by atoms with Crippen LogP contribution in [0, 0.1) is 11.3 Å². The lowest BCUT2D eigenvalue weighted by Crippen LogP contribution is -2.48. The highest BCUT2D eigenvalue weighted by molar-refractivity contribution is 5.90. The number of nitrogens with one attached hydrogen (secondary N) is 2. The number of benzene rings is 1. The van der Waals surface area contributed by atoms with E-state index >= 15 is 0 Å². The van der Waals surface area contributed by atoms with Gasteiger partial charge in [-0.2, -0.15) is 5.26 Å². The summed E-state index contributed by atoms with van der Waals surface area (Å²) in [5.41, 5.74) is 1.23. The Kier molecular flexibility index (Phi) is 4.69. The average Bonchev–Trinajstić information content (AvgIpc) is 2.46. The molecule has 0 radical (unpaired) electrons. The lowest BCUT2D eigenvalue weighted by Gasteiger charge is -2.25. The highest BCUT2D eigenvalue weighted by atomic mass is 16.2. The second kappa shape index (κ2) is 6.68. The Balaban J connectivity index is 1.77. The van der Waals surface area contributed by atoms with Crippen molar-refractivity contribution in [3.8, 4) is 6.07 Å². The first-order valence-electron chi connectivity index (χ1n) is 6.46. The quantitative estimate of drug-likeness (QED) is 0.826. The van der Waals surface area contributed by atoms with Crippen molar-refractivity contribution >= 4 is 17.5 Å². The van der Waals surface area contributed by atoms with Crippen LogP contribution < -0.4 is 10.6 Å². The number of hydrogen-bond donors (Lipinski definition) is 2. The maximum absolute atomic E-state index is 11.8. The fraction of sp³-hybridized carbons (Fsp3) is 0.357. The number of carbonyl (C=O) groups excluding carboxylic acids is 2. The Morgan fingerprint density at radius 3 is 2.80 bits per heavy atom. The van der Waals surface area contributed by atoms with Crippen LogP contribution in [0.3, 0.4) is 0 Å². The molecule has 20 heavy (non-hydrogen) atoms. The van der Waals surface area contributed by atoms with E-state index in [0.29, 0.717) is 37.3 Å². The highest BCUT2D eigenvalue weighted by Crippen LogP contribution is 2.09. The van der Waals surface area contributed by atoms with E-state index in [4.69, 9.17) is 5.26 Å². The molecule has 1 aliphatic heterocycles. The lowest BCUT2D eigenvalue weighted by atomic mass is 10.2. The molecule has 2 amide bonds. The third kappa shape index (κ3) is 4.07. The summed E-state index contributed by atoms with van der Waals surface area (Å²) in [4.78, 5) is 24.9.